The van der Waals surface area contributed by atoms with E-state index in [1.165, 1.54) is 0 Å². The molecule has 0 spiro atoms. The molecule has 1 amide bonds. The van der Waals surface area contributed by atoms with Crippen LogP contribution in [0.3, 0.4) is 0 Å². The smallest absolute Gasteiger partial charge is 0.224 e. The zero-order valence-electron chi connectivity index (χ0n) is 13.0. The molecule has 2 rings (SSSR count). The van der Waals surface area contributed by atoms with Crippen molar-refractivity contribution >= 4 is 11.6 Å². The average molecular weight is 290 g/mol. The first-order chi connectivity index (χ1) is 10.1. The van der Waals surface area contributed by atoms with Gasteiger partial charge in [0.05, 0.1) is 12.0 Å². The van der Waals surface area contributed by atoms with E-state index in [1.54, 1.807) is 0 Å². The molecule has 4 nitrogen and oxygen atoms in total. The van der Waals surface area contributed by atoms with Gasteiger partial charge >= 0.3 is 0 Å². The number of nitrogen functional groups attached to an aromatic ring is 1. The van der Waals surface area contributed by atoms with Gasteiger partial charge in [-0.3, -0.25) is 4.79 Å². The van der Waals surface area contributed by atoms with Crippen LogP contribution in [0.4, 0.5) is 5.69 Å². The largest absolute Gasteiger partial charge is 0.399 e. The maximum atomic E-state index is 12.2. The Morgan fingerprint density at radius 2 is 2.00 bits per heavy atom. The maximum absolute atomic E-state index is 12.2. The summed E-state index contributed by atoms with van der Waals surface area (Å²) >= 11 is 0. The van der Waals surface area contributed by atoms with E-state index in [0.717, 1.165) is 43.5 Å². The first-order valence-corrected chi connectivity index (χ1v) is 7.84. The SMILES string of the molecule is CCC1(CC)CC(NC(=O)Cc2ccc(N)cc2)CCO1. The number of hydrogen-bond donors (Lipinski definition) is 2. The number of nitrogens with one attached hydrogen (secondary N) is 1. The third kappa shape index (κ3) is 4.21. The van der Waals surface area contributed by atoms with Gasteiger partial charge < -0.3 is 15.8 Å². The fraction of sp³-hybridized carbons (Fsp3) is 0.588. The molecule has 4 heteroatoms. The quantitative estimate of drug-likeness (QED) is 0.819. The number of nitrogens with two attached hydrogens (primary N) is 1. The Bertz CT molecular complexity index is 466. The molecule has 1 unspecified atom stereocenters. The van der Waals surface area contributed by atoms with Crippen LogP contribution in [-0.2, 0) is 16.0 Å². The van der Waals surface area contributed by atoms with E-state index in [1.807, 2.05) is 24.3 Å². The molecule has 1 aromatic rings. The summed E-state index contributed by atoms with van der Waals surface area (Å²) in [7, 11) is 0. The molecule has 21 heavy (non-hydrogen) atoms. The summed E-state index contributed by atoms with van der Waals surface area (Å²) in [6.07, 6.45) is 4.20. The van der Waals surface area contributed by atoms with Crippen LogP contribution in [0.15, 0.2) is 24.3 Å². The number of anilines is 1. The summed E-state index contributed by atoms with van der Waals surface area (Å²) in [5.41, 5.74) is 7.31. The minimum Gasteiger partial charge on any atom is -0.399 e. The van der Waals surface area contributed by atoms with Gasteiger partial charge in [0.15, 0.2) is 0 Å². The standard InChI is InChI=1S/C17H26N2O2/c1-3-17(4-2)12-15(9-10-21-17)19-16(20)11-13-5-7-14(18)8-6-13/h5-8,15H,3-4,9-12,18H2,1-2H3,(H,19,20). The molecular formula is C17H26N2O2. The number of rotatable bonds is 5. The zero-order valence-corrected chi connectivity index (χ0v) is 13.0. The van der Waals surface area contributed by atoms with Crippen molar-refractivity contribution in [3.05, 3.63) is 29.8 Å². The molecule has 1 aliphatic heterocycles. The van der Waals surface area contributed by atoms with Crippen molar-refractivity contribution in [2.24, 2.45) is 0 Å². The number of benzene rings is 1. The van der Waals surface area contributed by atoms with Crippen LogP contribution in [0.1, 0.15) is 45.1 Å². The fourth-order valence-electron chi connectivity index (χ4n) is 2.99. The molecule has 0 aromatic heterocycles. The highest BCUT2D eigenvalue weighted by Gasteiger charge is 2.34. The van der Waals surface area contributed by atoms with Crippen LogP contribution in [0.5, 0.6) is 0 Å². The summed E-state index contributed by atoms with van der Waals surface area (Å²) in [6, 6.07) is 7.69. The molecule has 116 valence electrons. The second kappa shape index (κ2) is 6.94. The Morgan fingerprint density at radius 3 is 2.62 bits per heavy atom. The summed E-state index contributed by atoms with van der Waals surface area (Å²) < 4.78 is 5.94. The number of amides is 1. The van der Waals surface area contributed by atoms with Crippen molar-refractivity contribution < 1.29 is 9.53 Å². The first kappa shape index (κ1) is 15.8. The highest BCUT2D eigenvalue weighted by atomic mass is 16.5. The molecule has 1 aliphatic rings. The molecule has 1 fully saturated rings. The number of ether oxygens (including phenoxy) is 1. The van der Waals surface area contributed by atoms with Gasteiger partial charge in [-0.15, -0.1) is 0 Å². The van der Waals surface area contributed by atoms with Gasteiger partial charge in [0.25, 0.3) is 0 Å². The zero-order chi connectivity index (χ0) is 15.3. The van der Waals surface area contributed by atoms with Crippen molar-refractivity contribution in [3.63, 3.8) is 0 Å². The molecule has 1 saturated heterocycles. The molecule has 0 bridgehead atoms. The summed E-state index contributed by atoms with van der Waals surface area (Å²) in [5.74, 6) is 0.0766. The molecule has 0 radical (unpaired) electrons. The van der Waals surface area contributed by atoms with Gasteiger partial charge in [0.1, 0.15) is 0 Å². The maximum Gasteiger partial charge on any atom is 0.224 e. The van der Waals surface area contributed by atoms with E-state index in [2.05, 4.69) is 19.2 Å². The van der Waals surface area contributed by atoms with Crippen molar-refractivity contribution in [2.45, 2.75) is 57.6 Å². The summed E-state index contributed by atoms with van der Waals surface area (Å²) in [6.45, 7) is 5.04. The monoisotopic (exact) mass is 290 g/mol. The predicted octanol–water partition coefficient (Wildman–Crippen LogP) is 2.67. The molecule has 0 aliphatic carbocycles. The second-order valence-electron chi connectivity index (χ2n) is 5.91. The van der Waals surface area contributed by atoms with Gasteiger partial charge in [-0.1, -0.05) is 26.0 Å². The van der Waals surface area contributed by atoms with E-state index in [0.29, 0.717) is 6.42 Å². The Hall–Kier alpha value is -1.55. The Balaban J connectivity index is 1.88. The first-order valence-electron chi connectivity index (χ1n) is 7.84. The van der Waals surface area contributed by atoms with Crippen LogP contribution in [0.25, 0.3) is 0 Å². The third-order valence-electron chi connectivity index (χ3n) is 4.49. The Labute approximate surface area is 127 Å². The molecule has 1 aromatic carbocycles. The predicted molar refractivity (Wildman–Crippen MR) is 85.0 cm³/mol. The lowest BCUT2D eigenvalue weighted by atomic mass is 9.86. The van der Waals surface area contributed by atoms with Crippen molar-refractivity contribution in [2.75, 3.05) is 12.3 Å². The lowest BCUT2D eigenvalue weighted by Gasteiger charge is -2.40. The van der Waals surface area contributed by atoms with Gasteiger partial charge in [-0.05, 0) is 43.4 Å². The van der Waals surface area contributed by atoms with E-state index >= 15 is 0 Å². The molecule has 3 N–H and O–H groups in total. The molecular weight excluding hydrogens is 264 g/mol. The number of hydrogen-bond acceptors (Lipinski definition) is 3. The molecule has 1 atom stereocenters. The third-order valence-corrected chi connectivity index (χ3v) is 4.49. The van der Waals surface area contributed by atoms with E-state index in [4.69, 9.17) is 10.5 Å². The minimum absolute atomic E-state index is 0.0581. The van der Waals surface area contributed by atoms with Crippen LogP contribution < -0.4 is 11.1 Å². The van der Waals surface area contributed by atoms with Crippen LogP contribution in [0.2, 0.25) is 0 Å². The van der Waals surface area contributed by atoms with E-state index < -0.39 is 0 Å². The summed E-state index contributed by atoms with van der Waals surface area (Å²) in [4.78, 5) is 12.2. The Kier molecular flexibility index (Phi) is 5.23. The average Bonchev–Trinajstić information content (AvgIpc) is 2.49. The highest BCUT2D eigenvalue weighted by Crippen LogP contribution is 2.31. The van der Waals surface area contributed by atoms with Crippen LogP contribution in [-0.4, -0.2) is 24.2 Å². The van der Waals surface area contributed by atoms with E-state index in [-0.39, 0.29) is 17.6 Å². The lowest BCUT2D eigenvalue weighted by Crippen LogP contribution is -2.48. The van der Waals surface area contributed by atoms with Crippen molar-refractivity contribution in [3.8, 4) is 0 Å². The highest BCUT2D eigenvalue weighted by molar-refractivity contribution is 5.79. The van der Waals surface area contributed by atoms with Crippen LogP contribution >= 0.6 is 0 Å². The molecule has 0 saturated carbocycles. The van der Waals surface area contributed by atoms with E-state index in [9.17, 15) is 4.79 Å². The number of carbonyl (C=O) groups excluding carboxylic acids is 1. The Morgan fingerprint density at radius 1 is 1.33 bits per heavy atom. The van der Waals surface area contributed by atoms with Crippen molar-refractivity contribution in [1.82, 2.24) is 5.32 Å². The summed E-state index contributed by atoms with van der Waals surface area (Å²) in [5, 5.41) is 3.16. The second-order valence-corrected chi connectivity index (χ2v) is 5.91. The normalized spacial score (nSPS) is 21.0. The lowest BCUT2D eigenvalue weighted by molar-refractivity contribution is -0.125. The van der Waals surface area contributed by atoms with Gasteiger partial charge in [0.2, 0.25) is 5.91 Å². The van der Waals surface area contributed by atoms with Gasteiger partial charge in [0, 0.05) is 18.3 Å². The van der Waals surface area contributed by atoms with Crippen LogP contribution in [0, 0.1) is 0 Å². The van der Waals surface area contributed by atoms with Gasteiger partial charge in [-0.25, -0.2) is 0 Å². The molecule has 1 heterocycles. The topological polar surface area (TPSA) is 64.4 Å². The fourth-order valence-corrected chi connectivity index (χ4v) is 2.99. The van der Waals surface area contributed by atoms with Crippen molar-refractivity contribution in [1.29, 1.82) is 0 Å². The minimum atomic E-state index is -0.0581. The van der Waals surface area contributed by atoms with Gasteiger partial charge in [-0.2, -0.15) is 0 Å². The number of carbonyl (C=O) groups is 1.